The average Bonchev–Trinajstić information content (AvgIpc) is 3.50. The molecule has 0 saturated carbocycles. The molecule has 248 valence electrons. The van der Waals surface area contributed by atoms with Crippen molar-refractivity contribution in [3.8, 4) is 0 Å². The number of ether oxygens (including phenoxy) is 1. The van der Waals surface area contributed by atoms with Crippen LogP contribution >= 0.6 is 28.3 Å². The summed E-state index contributed by atoms with van der Waals surface area (Å²) in [6.45, 7) is 0.858. The molecule has 7 N–H and O–H groups in total. The first-order valence-corrected chi connectivity index (χ1v) is 16.4. The zero-order chi connectivity index (χ0) is 32.9. The van der Waals surface area contributed by atoms with Crippen molar-refractivity contribution in [1.82, 2.24) is 30.2 Å². The SMILES string of the molecule is CC(C)(COP(=O)([O-])OP(=O)([O-])OC[C@H]1O[C@@H](n2cnc3c(N)ncnc32)[C@H](O)[C@@H]1O)C(O)C(=O)NCCC(=O)NCCS.[Li+].[Li+]. The summed E-state index contributed by atoms with van der Waals surface area (Å²) in [6, 6.07) is 0. The van der Waals surface area contributed by atoms with Crippen molar-refractivity contribution >= 4 is 57.1 Å². The monoisotopic (exact) mass is 699 g/mol. The van der Waals surface area contributed by atoms with E-state index in [1.54, 1.807) is 0 Å². The molecule has 3 unspecified atom stereocenters. The van der Waals surface area contributed by atoms with Gasteiger partial charge in [-0.25, -0.2) is 19.3 Å². The standard InChI is InChI=1S/C21H35N7O13P2S.2Li/c1-21(2,16(32)19(33)24-4-3-12(29)23-5-6-44)8-39-43(36,37)41-42(34,35)38-7-11-14(30)15(31)20(40-11)28-10-27-13-17(22)25-9-26-18(13)28;;/h9-11,14-16,20,30-32,44H,3-8H2,1-2H3,(H,23,29)(H,24,33)(H,34,35)(H,36,37)(H2,22,25,26);;/q;2*+1/p-2/t11-,14-,15-,16?,20-;;/m1../s1. The summed E-state index contributed by atoms with van der Waals surface area (Å²) in [5.74, 6) is -0.830. The van der Waals surface area contributed by atoms with E-state index in [-0.39, 0.29) is 73.6 Å². The minimum atomic E-state index is -5.66. The van der Waals surface area contributed by atoms with E-state index in [9.17, 15) is 43.8 Å². The Morgan fingerprint density at radius 1 is 1.13 bits per heavy atom. The smallest absolute Gasteiger partial charge is 0.756 e. The number of rotatable bonds is 16. The largest absolute Gasteiger partial charge is 1.00 e. The number of hydrogen-bond acceptors (Lipinski definition) is 18. The maximum atomic E-state index is 12.3. The zero-order valence-corrected chi connectivity index (χ0v) is 28.1. The molecule has 2 amide bonds. The van der Waals surface area contributed by atoms with Crippen LogP contribution in [-0.4, -0.2) is 103 Å². The van der Waals surface area contributed by atoms with Crippen molar-refractivity contribution in [3.05, 3.63) is 12.7 Å². The van der Waals surface area contributed by atoms with Gasteiger partial charge in [-0.15, -0.1) is 0 Å². The van der Waals surface area contributed by atoms with Gasteiger partial charge in [-0.2, -0.15) is 12.6 Å². The molecule has 2 aromatic rings. The van der Waals surface area contributed by atoms with Gasteiger partial charge in [0.15, 0.2) is 17.7 Å². The first-order chi connectivity index (χ1) is 20.5. The van der Waals surface area contributed by atoms with Crippen LogP contribution in [0.1, 0.15) is 26.5 Å². The fourth-order valence-electron chi connectivity index (χ4n) is 3.85. The number of amides is 2. The quantitative estimate of drug-likeness (QED) is 0.0486. The van der Waals surface area contributed by atoms with E-state index in [1.807, 2.05) is 0 Å². The molecule has 1 fully saturated rings. The molecule has 1 aliphatic rings. The minimum Gasteiger partial charge on any atom is -0.756 e. The van der Waals surface area contributed by atoms with Crippen LogP contribution in [0.5, 0.6) is 0 Å². The van der Waals surface area contributed by atoms with Gasteiger partial charge < -0.3 is 55.3 Å². The van der Waals surface area contributed by atoms with Gasteiger partial charge in [-0.1, -0.05) is 13.8 Å². The van der Waals surface area contributed by atoms with Crippen LogP contribution in [-0.2, 0) is 36.8 Å². The first-order valence-electron chi connectivity index (χ1n) is 12.9. The van der Waals surface area contributed by atoms with Crippen molar-refractivity contribution in [3.63, 3.8) is 0 Å². The molecule has 2 aromatic heterocycles. The van der Waals surface area contributed by atoms with Gasteiger partial charge in [0.25, 0.3) is 15.6 Å². The predicted octanol–water partition coefficient (Wildman–Crippen LogP) is -9.04. The van der Waals surface area contributed by atoms with Gasteiger partial charge in [0.05, 0.1) is 19.5 Å². The molecule has 0 radical (unpaired) electrons. The molecule has 0 spiro atoms. The Kier molecular flexibility index (Phi) is 16.9. The second-order valence-corrected chi connectivity index (χ2v) is 13.6. The number of anilines is 1. The summed E-state index contributed by atoms with van der Waals surface area (Å²) in [5.41, 5.74) is 4.49. The maximum absolute atomic E-state index is 12.3. The Morgan fingerprint density at radius 3 is 2.43 bits per heavy atom. The van der Waals surface area contributed by atoms with Gasteiger partial charge >= 0.3 is 37.7 Å². The Bertz CT molecular complexity index is 1430. The number of thiol groups is 1. The zero-order valence-electron chi connectivity index (χ0n) is 25.4. The molecule has 0 aromatic carbocycles. The molecule has 46 heavy (non-hydrogen) atoms. The number of nitrogen functional groups attached to an aromatic ring is 1. The Balaban J connectivity index is 0.00000529. The number of phosphoric ester groups is 2. The van der Waals surface area contributed by atoms with E-state index in [2.05, 4.69) is 51.6 Å². The van der Waals surface area contributed by atoms with Gasteiger partial charge in [-0.05, 0) is 0 Å². The molecule has 3 rings (SSSR count). The van der Waals surface area contributed by atoms with Gasteiger partial charge in [-0.3, -0.25) is 23.3 Å². The van der Waals surface area contributed by atoms with Crippen LogP contribution < -0.4 is 63.9 Å². The third kappa shape index (κ3) is 11.5. The van der Waals surface area contributed by atoms with Crippen LogP contribution in [0.25, 0.3) is 11.2 Å². The number of aromatic nitrogens is 4. The summed E-state index contributed by atoms with van der Waals surface area (Å²) in [4.78, 5) is 60.1. The summed E-state index contributed by atoms with van der Waals surface area (Å²) in [7, 11) is -11.3. The number of nitrogens with two attached hydrogens (primary N) is 1. The molecule has 3 heterocycles. The van der Waals surface area contributed by atoms with Crippen molar-refractivity contribution in [2.45, 2.75) is 50.9 Å². The summed E-state index contributed by atoms with van der Waals surface area (Å²) < 4.78 is 44.4. The van der Waals surface area contributed by atoms with Crippen molar-refractivity contribution in [1.29, 1.82) is 0 Å². The molecular weight excluding hydrogens is 666 g/mol. The number of fused-ring (bicyclic) bond motifs is 1. The van der Waals surface area contributed by atoms with E-state index < -0.39 is 70.8 Å². The normalized spacial score (nSPS) is 23.0. The molecule has 0 aliphatic carbocycles. The number of nitrogens with one attached hydrogen (secondary N) is 2. The molecular formula is C21H33Li2N7O13P2S. The van der Waals surface area contributed by atoms with Crippen molar-refractivity contribution in [2.75, 3.05) is 37.8 Å². The summed E-state index contributed by atoms with van der Waals surface area (Å²) in [6.07, 6.45) is -5.66. The fourth-order valence-corrected chi connectivity index (χ4v) is 6.14. The summed E-state index contributed by atoms with van der Waals surface area (Å²) in [5, 5.41) is 36.0. The number of carbonyl (C=O) groups is 2. The van der Waals surface area contributed by atoms with E-state index >= 15 is 0 Å². The molecule has 7 atom stereocenters. The Morgan fingerprint density at radius 2 is 1.78 bits per heavy atom. The number of carbonyl (C=O) groups excluding carboxylic acids is 2. The van der Waals surface area contributed by atoms with E-state index in [0.717, 1.165) is 6.33 Å². The maximum Gasteiger partial charge on any atom is 1.00 e. The molecule has 20 nitrogen and oxygen atoms in total. The Labute approximate surface area is 292 Å². The van der Waals surface area contributed by atoms with Crippen LogP contribution in [0.4, 0.5) is 5.82 Å². The fraction of sp³-hybridized carbons (Fsp3) is 0.667. The number of aliphatic hydroxyl groups excluding tert-OH is 3. The van der Waals surface area contributed by atoms with Crippen LogP contribution in [0, 0.1) is 5.41 Å². The number of imidazole rings is 1. The van der Waals surface area contributed by atoms with E-state index in [1.165, 1.54) is 24.7 Å². The van der Waals surface area contributed by atoms with Crippen LogP contribution in [0.15, 0.2) is 12.7 Å². The molecule has 1 aliphatic heterocycles. The number of aliphatic hydroxyl groups is 3. The first kappa shape index (κ1) is 43.0. The second kappa shape index (κ2) is 18.1. The third-order valence-corrected chi connectivity index (χ3v) is 9.00. The predicted molar refractivity (Wildman–Crippen MR) is 148 cm³/mol. The number of hydrogen-bond donors (Lipinski definition) is 7. The van der Waals surface area contributed by atoms with Crippen LogP contribution in [0.3, 0.4) is 0 Å². The van der Waals surface area contributed by atoms with Gasteiger partial charge in [0.2, 0.25) is 11.8 Å². The number of phosphoric acid groups is 2. The Hall–Kier alpha value is -1.07. The molecule has 25 heteroatoms. The van der Waals surface area contributed by atoms with E-state index in [0.29, 0.717) is 12.3 Å². The topological polar surface area (TPSA) is 306 Å². The molecule has 1 saturated heterocycles. The van der Waals surface area contributed by atoms with Crippen molar-refractivity contribution in [2.24, 2.45) is 5.41 Å². The van der Waals surface area contributed by atoms with Crippen LogP contribution in [0.2, 0.25) is 0 Å². The number of nitrogens with zero attached hydrogens (tertiary/aromatic N) is 4. The molecule has 0 bridgehead atoms. The minimum absolute atomic E-state index is 0. The van der Waals surface area contributed by atoms with Gasteiger partial charge in [0.1, 0.15) is 36.3 Å². The summed E-state index contributed by atoms with van der Waals surface area (Å²) >= 11 is 3.95. The third-order valence-electron chi connectivity index (χ3n) is 6.26. The average molecular weight is 699 g/mol. The van der Waals surface area contributed by atoms with Crippen molar-refractivity contribution < 1.29 is 99.6 Å². The van der Waals surface area contributed by atoms with Gasteiger partial charge in [0, 0.05) is 30.7 Å². The second-order valence-electron chi connectivity index (χ2n) is 10.2. The van der Waals surface area contributed by atoms with E-state index in [4.69, 9.17) is 10.5 Å².